The van der Waals surface area contributed by atoms with Gasteiger partial charge in [0.25, 0.3) is 11.8 Å². The van der Waals surface area contributed by atoms with Crippen LogP contribution in [0.15, 0.2) is 24.3 Å². The quantitative estimate of drug-likeness (QED) is 0.712. The molecule has 1 saturated heterocycles. The summed E-state index contributed by atoms with van der Waals surface area (Å²) in [6, 6.07) is 6.43. The van der Waals surface area contributed by atoms with Gasteiger partial charge in [-0.2, -0.15) is 0 Å². The number of hydrogen-bond donors (Lipinski definition) is 0. The van der Waals surface area contributed by atoms with Crippen LogP contribution in [0.4, 0.5) is 0 Å². The lowest BCUT2D eigenvalue weighted by atomic mass is 10.1. The third kappa shape index (κ3) is 3.18. The molecule has 8 heteroatoms. The number of hydrogen-bond acceptors (Lipinski definition) is 5. The van der Waals surface area contributed by atoms with E-state index in [2.05, 4.69) is 0 Å². The van der Waals surface area contributed by atoms with Gasteiger partial charge in [-0.15, -0.1) is 0 Å². The summed E-state index contributed by atoms with van der Waals surface area (Å²) in [6.45, 7) is 3.56. The predicted molar refractivity (Wildman–Crippen MR) is 90.8 cm³/mol. The maximum Gasteiger partial charge on any atom is 0.262 e. The van der Waals surface area contributed by atoms with Crippen molar-refractivity contribution >= 4 is 27.6 Å². The van der Waals surface area contributed by atoms with Gasteiger partial charge in [-0.1, -0.05) is 26.0 Å². The Morgan fingerprint density at radius 2 is 1.64 bits per heavy atom. The molecule has 1 aromatic carbocycles. The number of sulfone groups is 1. The number of amides is 3. The van der Waals surface area contributed by atoms with Crippen LogP contribution < -0.4 is 0 Å². The molecule has 0 radical (unpaired) electrons. The second-order valence-corrected chi connectivity index (χ2v) is 9.21. The average molecular weight is 364 g/mol. The van der Waals surface area contributed by atoms with Crippen LogP contribution in [0.25, 0.3) is 0 Å². The van der Waals surface area contributed by atoms with Crippen LogP contribution in [0.3, 0.4) is 0 Å². The van der Waals surface area contributed by atoms with Crippen LogP contribution in [0.2, 0.25) is 0 Å². The Morgan fingerprint density at radius 3 is 2.12 bits per heavy atom. The van der Waals surface area contributed by atoms with Crippen molar-refractivity contribution in [2.75, 3.05) is 25.4 Å². The maximum absolute atomic E-state index is 12.3. The zero-order valence-electron chi connectivity index (χ0n) is 14.1. The van der Waals surface area contributed by atoms with Crippen LogP contribution in [0.1, 0.15) is 34.6 Å². The highest BCUT2D eigenvalue weighted by molar-refractivity contribution is 7.92. The number of nitrogens with zero attached hydrogens (tertiary/aromatic N) is 2. The van der Waals surface area contributed by atoms with Crippen molar-refractivity contribution < 1.29 is 22.8 Å². The number of fused-ring (bicyclic) bond motifs is 1. The fourth-order valence-corrected chi connectivity index (χ4v) is 5.10. The molecule has 1 aromatic rings. The highest BCUT2D eigenvalue weighted by Crippen LogP contribution is 2.24. The molecule has 25 heavy (non-hydrogen) atoms. The van der Waals surface area contributed by atoms with Crippen LogP contribution in [0.5, 0.6) is 0 Å². The Hall–Kier alpha value is -2.22. The molecule has 134 valence electrons. The summed E-state index contributed by atoms with van der Waals surface area (Å²) in [7, 11) is -3.22. The number of carbonyl (C=O) groups excluding carboxylic acids is 3. The van der Waals surface area contributed by atoms with Gasteiger partial charge in [-0.05, 0) is 18.1 Å². The van der Waals surface area contributed by atoms with E-state index >= 15 is 0 Å². The van der Waals surface area contributed by atoms with Crippen LogP contribution in [-0.4, -0.2) is 66.6 Å². The highest BCUT2D eigenvalue weighted by Gasteiger charge is 2.42. The van der Waals surface area contributed by atoms with E-state index in [1.54, 1.807) is 24.3 Å². The smallest absolute Gasteiger partial charge is 0.262 e. The number of carbonyl (C=O) groups is 3. The molecule has 0 aromatic heterocycles. The number of benzene rings is 1. The van der Waals surface area contributed by atoms with Crippen molar-refractivity contribution in [2.45, 2.75) is 19.1 Å². The Bertz CT molecular complexity index is 805. The molecule has 3 rings (SSSR count). The topological polar surface area (TPSA) is 91.8 Å². The predicted octanol–water partition coefficient (Wildman–Crippen LogP) is 0.564. The van der Waals surface area contributed by atoms with Gasteiger partial charge < -0.3 is 4.90 Å². The zero-order valence-corrected chi connectivity index (χ0v) is 15.0. The Morgan fingerprint density at radius 1 is 1.12 bits per heavy atom. The Balaban J connectivity index is 1.61. The van der Waals surface area contributed by atoms with Crippen molar-refractivity contribution in [3.8, 4) is 0 Å². The molecular formula is C17H20N2O5S. The molecule has 0 atom stereocenters. The van der Waals surface area contributed by atoms with Crippen LogP contribution in [0, 0.1) is 5.92 Å². The molecule has 3 amide bonds. The largest absolute Gasteiger partial charge is 0.338 e. The van der Waals surface area contributed by atoms with E-state index < -0.39 is 32.8 Å². The lowest BCUT2D eigenvalue weighted by Gasteiger charge is -2.39. The molecule has 1 fully saturated rings. The molecule has 2 aliphatic rings. The molecular weight excluding hydrogens is 344 g/mol. The monoisotopic (exact) mass is 364 g/mol. The number of rotatable bonds is 5. The number of imide groups is 1. The van der Waals surface area contributed by atoms with Gasteiger partial charge in [-0.25, -0.2) is 8.42 Å². The molecule has 0 bridgehead atoms. The second kappa shape index (κ2) is 6.25. The lowest BCUT2D eigenvalue weighted by Crippen LogP contribution is -2.59. The number of likely N-dealkylation sites (tertiary alicyclic amines) is 1. The zero-order chi connectivity index (χ0) is 18.4. The average Bonchev–Trinajstić information content (AvgIpc) is 2.70. The summed E-state index contributed by atoms with van der Waals surface area (Å²) in [6.07, 6.45) is 0. The van der Waals surface area contributed by atoms with Gasteiger partial charge >= 0.3 is 0 Å². The van der Waals surface area contributed by atoms with Gasteiger partial charge in [0.05, 0.1) is 22.1 Å². The summed E-state index contributed by atoms with van der Waals surface area (Å²) in [5, 5.41) is -0.555. The van der Waals surface area contributed by atoms with Crippen molar-refractivity contribution in [1.29, 1.82) is 0 Å². The van der Waals surface area contributed by atoms with Crippen LogP contribution in [-0.2, 0) is 14.6 Å². The van der Waals surface area contributed by atoms with Gasteiger partial charge in [0, 0.05) is 13.1 Å². The second-order valence-electron chi connectivity index (χ2n) is 6.89. The minimum atomic E-state index is -3.22. The standard InChI is InChI=1S/C17H20N2O5S/c1-11(2)10-25(23,24)12-7-18(8-12)15(20)9-19-16(21)13-5-3-4-6-14(13)17(19)22/h3-6,11-12H,7-10H2,1-2H3. The normalized spacial score (nSPS) is 17.9. The van der Waals surface area contributed by atoms with Crippen molar-refractivity contribution in [3.63, 3.8) is 0 Å². The fourth-order valence-electron chi connectivity index (χ4n) is 3.09. The Labute approximate surface area is 146 Å². The molecule has 0 N–H and O–H groups in total. The van der Waals surface area contributed by atoms with Crippen molar-refractivity contribution in [3.05, 3.63) is 35.4 Å². The molecule has 0 aliphatic carbocycles. The minimum absolute atomic E-state index is 0.0353. The van der Waals surface area contributed by atoms with E-state index in [-0.39, 0.29) is 31.3 Å². The van der Waals surface area contributed by atoms with Gasteiger partial charge in [0.15, 0.2) is 9.84 Å². The first kappa shape index (κ1) is 17.6. The summed E-state index contributed by atoms with van der Waals surface area (Å²) < 4.78 is 24.3. The first-order valence-corrected chi connectivity index (χ1v) is 9.87. The molecule has 2 heterocycles. The van der Waals surface area contributed by atoms with E-state index in [9.17, 15) is 22.8 Å². The van der Waals surface area contributed by atoms with Crippen LogP contribution >= 0.6 is 0 Å². The van der Waals surface area contributed by atoms with Gasteiger partial charge in [-0.3, -0.25) is 19.3 Å². The SMILES string of the molecule is CC(C)CS(=O)(=O)C1CN(C(=O)CN2C(=O)c3ccccc3C2=O)C1. The summed E-state index contributed by atoms with van der Waals surface area (Å²) in [4.78, 5) is 39.1. The first-order valence-electron chi connectivity index (χ1n) is 8.15. The molecule has 0 unspecified atom stereocenters. The van der Waals surface area contributed by atoms with E-state index in [0.29, 0.717) is 11.1 Å². The molecule has 7 nitrogen and oxygen atoms in total. The van der Waals surface area contributed by atoms with E-state index in [1.807, 2.05) is 13.8 Å². The minimum Gasteiger partial charge on any atom is -0.338 e. The summed E-state index contributed by atoms with van der Waals surface area (Å²) >= 11 is 0. The summed E-state index contributed by atoms with van der Waals surface area (Å²) in [5.74, 6) is -1.26. The first-order chi connectivity index (χ1) is 11.7. The van der Waals surface area contributed by atoms with Crippen molar-refractivity contribution in [2.24, 2.45) is 5.92 Å². The third-order valence-electron chi connectivity index (χ3n) is 4.45. The Kier molecular flexibility index (Phi) is 4.40. The van der Waals surface area contributed by atoms with E-state index in [0.717, 1.165) is 4.90 Å². The summed E-state index contributed by atoms with van der Waals surface area (Å²) in [5.41, 5.74) is 0.586. The van der Waals surface area contributed by atoms with Gasteiger partial charge in [0.1, 0.15) is 6.54 Å². The molecule has 2 aliphatic heterocycles. The maximum atomic E-state index is 12.3. The van der Waals surface area contributed by atoms with Gasteiger partial charge in [0.2, 0.25) is 5.91 Å². The van der Waals surface area contributed by atoms with E-state index in [1.165, 1.54) is 4.90 Å². The lowest BCUT2D eigenvalue weighted by molar-refractivity contribution is -0.134. The molecule has 0 spiro atoms. The molecule has 0 saturated carbocycles. The third-order valence-corrected chi connectivity index (χ3v) is 6.89. The van der Waals surface area contributed by atoms with Crippen molar-refractivity contribution in [1.82, 2.24) is 9.80 Å². The fraction of sp³-hybridized carbons (Fsp3) is 0.471. The highest BCUT2D eigenvalue weighted by atomic mass is 32.2. The van der Waals surface area contributed by atoms with E-state index in [4.69, 9.17) is 0 Å².